The Labute approximate surface area is 107 Å². The van der Waals surface area contributed by atoms with E-state index in [0.717, 1.165) is 24.9 Å². The predicted octanol–water partition coefficient (Wildman–Crippen LogP) is 3.93. The van der Waals surface area contributed by atoms with Gasteiger partial charge < -0.3 is 5.32 Å². The molecule has 0 fully saturated rings. The highest BCUT2D eigenvalue weighted by molar-refractivity contribution is 6.31. The summed E-state index contributed by atoms with van der Waals surface area (Å²) in [7, 11) is 0. The molecule has 0 saturated carbocycles. The van der Waals surface area contributed by atoms with E-state index >= 15 is 0 Å². The van der Waals surface area contributed by atoms with Crippen LogP contribution in [-0.4, -0.2) is 6.54 Å². The third-order valence-electron chi connectivity index (χ3n) is 2.52. The molecule has 1 nitrogen and oxygen atoms in total. The molecule has 1 rings (SSSR count). The summed E-state index contributed by atoms with van der Waals surface area (Å²) in [6.07, 6.45) is 1.68. The van der Waals surface area contributed by atoms with Gasteiger partial charge in [-0.1, -0.05) is 24.6 Å². The summed E-state index contributed by atoms with van der Waals surface area (Å²) in [5, 5.41) is 3.82. The van der Waals surface area contributed by atoms with E-state index in [9.17, 15) is 4.39 Å². The number of halogens is 2. The minimum absolute atomic E-state index is 0.133. The summed E-state index contributed by atoms with van der Waals surface area (Å²) in [6.45, 7) is 4.71. The first-order valence-electron chi connectivity index (χ1n) is 5.77. The SMILES string of the molecule is CC#CCCC(NCC)c1ccc(F)cc1Cl. The van der Waals surface area contributed by atoms with Gasteiger partial charge in [0.25, 0.3) is 0 Å². The van der Waals surface area contributed by atoms with E-state index in [1.807, 2.05) is 13.8 Å². The second-order valence-corrected chi connectivity index (χ2v) is 4.15. The summed E-state index contributed by atoms with van der Waals surface area (Å²) < 4.78 is 13.0. The maximum absolute atomic E-state index is 13.0. The van der Waals surface area contributed by atoms with Crippen molar-refractivity contribution in [3.63, 3.8) is 0 Å². The van der Waals surface area contributed by atoms with Gasteiger partial charge in [-0.25, -0.2) is 4.39 Å². The van der Waals surface area contributed by atoms with Crippen molar-refractivity contribution in [2.45, 2.75) is 32.7 Å². The molecule has 0 bridgehead atoms. The van der Waals surface area contributed by atoms with Gasteiger partial charge >= 0.3 is 0 Å². The van der Waals surface area contributed by atoms with Crippen molar-refractivity contribution in [2.24, 2.45) is 0 Å². The second kappa shape index (κ2) is 7.32. The quantitative estimate of drug-likeness (QED) is 0.784. The molecule has 0 aliphatic heterocycles. The lowest BCUT2D eigenvalue weighted by Crippen LogP contribution is -2.21. The zero-order valence-corrected chi connectivity index (χ0v) is 10.9. The first-order valence-corrected chi connectivity index (χ1v) is 6.14. The minimum atomic E-state index is -0.303. The molecule has 92 valence electrons. The van der Waals surface area contributed by atoms with Crippen molar-refractivity contribution in [3.05, 3.63) is 34.6 Å². The van der Waals surface area contributed by atoms with Gasteiger partial charge in [0, 0.05) is 17.5 Å². The lowest BCUT2D eigenvalue weighted by molar-refractivity contribution is 0.521. The third kappa shape index (κ3) is 4.38. The fourth-order valence-electron chi connectivity index (χ4n) is 1.74. The monoisotopic (exact) mass is 253 g/mol. The van der Waals surface area contributed by atoms with Crippen molar-refractivity contribution < 1.29 is 4.39 Å². The van der Waals surface area contributed by atoms with Crippen molar-refractivity contribution in [1.29, 1.82) is 0 Å². The highest BCUT2D eigenvalue weighted by Crippen LogP contribution is 2.26. The maximum atomic E-state index is 13.0. The summed E-state index contributed by atoms with van der Waals surface area (Å²) in [6, 6.07) is 4.67. The Hall–Kier alpha value is -1.04. The average Bonchev–Trinajstić information content (AvgIpc) is 2.28. The predicted molar refractivity (Wildman–Crippen MR) is 70.5 cm³/mol. The van der Waals surface area contributed by atoms with Crippen LogP contribution in [0.15, 0.2) is 18.2 Å². The number of nitrogens with one attached hydrogen (secondary N) is 1. The van der Waals surface area contributed by atoms with Crippen LogP contribution in [0.4, 0.5) is 4.39 Å². The Kier molecular flexibility index (Phi) is 6.04. The zero-order valence-electron chi connectivity index (χ0n) is 10.2. The van der Waals surface area contributed by atoms with Crippen LogP contribution >= 0.6 is 11.6 Å². The molecule has 0 saturated heterocycles. The molecule has 0 aromatic heterocycles. The molecule has 1 unspecified atom stereocenters. The topological polar surface area (TPSA) is 12.0 Å². The maximum Gasteiger partial charge on any atom is 0.124 e. The van der Waals surface area contributed by atoms with Crippen LogP contribution in [0.3, 0.4) is 0 Å². The number of hydrogen-bond donors (Lipinski definition) is 1. The van der Waals surface area contributed by atoms with Crippen molar-refractivity contribution in [2.75, 3.05) is 6.54 Å². The molecular formula is C14H17ClFN. The molecule has 0 amide bonds. The van der Waals surface area contributed by atoms with Crippen LogP contribution in [0.25, 0.3) is 0 Å². The fraction of sp³-hybridized carbons (Fsp3) is 0.429. The molecule has 1 aromatic rings. The van der Waals surface area contributed by atoms with Crippen LogP contribution < -0.4 is 5.32 Å². The minimum Gasteiger partial charge on any atom is -0.310 e. The van der Waals surface area contributed by atoms with Gasteiger partial charge in [-0.3, -0.25) is 0 Å². The van der Waals surface area contributed by atoms with E-state index in [0.29, 0.717) is 5.02 Å². The van der Waals surface area contributed by atoms with Gasteiger partial charge in [-0.15, -0.1) is 11.8 Å². The molecular weight excluding hydrogens is 237 g/mol. The summed E-state index contributed by atoms with van der Waals surface area (Å²) in [5.41, 5.74) is 0.938. The Morgan fingerprint density at radius 2 is 2.24 bits per heavy atom. The standard InChI is InChI=1S/C14H17ClFN/c1-3-5-6-7-14(17-4-2)12-9-8-11(16)10-13(12)15/h8-10,14,17H,4,6-7H2,1-2H3. The molecule has 3 heteroatoms. The fourth-order valence-corrected chi connectivity index (χ4v) is 2.04. The molecule has 0 radical (unpaired) electrons. The highest BCUT2D eigenvalue weighted by Gasteiger charge is 2.13. The largest absolute Gasteiger partial charge is 0.310 e. The van der Waals surface area contributed by atoms with Crippen LogP contribution in [-0.2, 0) is 0 Å². The zero-order chi connectivity index (χ0) is 12.7. The van der Waals surface area contributed by atoms with Crippen molar-refractivity contribution in [3.8, 4) is 11.8 Å². The lowest BCUT2D eigenvalue weighted by Gasteiger charge is -2.18. The van der Waals surface area contributed by atoms with E-state index in [4.69, 9.17) is 11.6 Å². The van der Waals surface area contributed by atoms with Crippen LogP contribution in [0.5, 0.6) is 0 Å². The van der Waals surface area contributed by atoms with E-state index in [2.05, 4.69) is 17.2 Å². The van der Waals surface area contributed by atoms with Gasteiger partial charge in [-0.05, 0) is 37.6 Å². The number of benzene rings is 1. The molecule has 1 N–H and O–H groups in total. The van der Waals surface area contributed by atoms with Crippen molar-refractivity contribution in [1.82, 2.24) is 5.32 Å². The normalized spacial score (nSPS) is 11.8. The van der Waals surface area contributed by atoms with Gasteiger partial charge in [0.05, 0.1) is 0 Å². The summed E-state index contributed by atoms with van der Waals surface area (Å²) >= 11 is 6.06. The van der Waals surface area contributed by atoms with E-state index in [-0.39, 0.29) is 11.9 Å². The van der Waals surface area contributed by atoms with Crippen LogP contribution in [0.1, 0.15) is 38.3 Å². The smallest absolute Gasteiger partial charge is 0.124 e. The van der Waals surface area contributed by atoms with Crippen LogP contribution in [0.2, 0.25) is 5.02 Å². The average molecular weight is 254 g/mol. The van der Waals surface area contributed by atoms with Gasteiger partial charge in [0.2, 0.25) is 0 Å². The molecule has 0 aliphatic rings. The van der Waals surface area contributed by atoms with Gasteiger partial charge in [0.15, 0.2) is 0 Å². The summed E-state index contributed by atoms with van der Waals surface area (Å²) in [4.78, 5) is 0. The van der Waals surface area contributed by atoms with Gasteiger partial charge in [-0.2, -0.15) is 0 Å². The van der Waals surface area contributed by atoms with Crippen LogP contribution in [0, 0.1) is 17.7 Å². The molecule has 1 atom stereocenters. The molecule has 17 heavy (non-hydrogen) atoms. The number of rotatable bonds is 5. The molecule has 0 heterocycles. The first-order chi connectivity index (χ1) is 8.19. The third-order valence-corrected chi connectivity index (χ3v) is 2.85. The second-order valence-electron chi connectivity index (χ2n) is 3.74. The number of hydrogen-bond acceptors (Lipinski definition) is 1. The molecule has 0 aliphatic carbocycles. The highest BCUT2D eigenvalue weighted by atomic mass is 35.5. The van der Waals surface area contributed by atoms with E-state index < -0.39 is 0 Å². The lowest BCUT2D eigenvalue weighted by atomic mass is 10.0. The van der Waals surface area contributed by atoms with E-state index in [1.165, 1.54) is 12.1 Å². The molecule has 1 aromatic carbocycles. The Bertz CT molecular complexity index is 420. The van der Waals surface area contributed by atoms with E-state index in [1.54, 1.807) is 6.07 Å². The Morgan fingerprint density at radius 1 is 1.47 bits per heavy atom. The molecule has 0 spiro atoms. The van der Waals surface area contributed by atoms with Crippen molar-refractivity contribution >= 4 is 11.6 Å². The summed E-state index contributed by atoms with van der Waals surface area (Å²) in [5.74, 6) is 5.60. The van der Waals surface area contributed by atoms with Gasteiger partial charge in [0.1, 0.15) is 5.82 Å². The first kappa shape index (κ1) is 14.0. The Morgan fingerprint density at radius 3 is 2.82 bits per heavy atom. The Balaban J connectivity index is 2.83.